The van der Waals surface area contributed by atoms with Gasteiger partial charge in [0.25, 0.3) is 0 Å². The molecule has 0 fully saturated rings. The molecule has 0 aliphatic rings. The van der Waals surface area contributed by atoms with Gasteiger partial charge >= 0.3 is 11.8 Å². The zero-order valence-corrected chi connectivity index (χ0v) is 8.99. The summed E-state index contributed by atoms with van der Waals surface area (Å²) in [6, 6.07) is 8.39. The predicted molar refractivity (Wildman–Crippen MR) is 58.2 cm³/mol. The number of nitrogens with zero attached hydrogens (tertiary/aromatic N) is 2. The maximum absolute atomic E-state index is 5.58. The third-order valence-corrected chi connectivity index (χ3v) is 2.36. The van der Waals surface area contributed by atoms with Crippen LogP contribution in [0.1, 0.15) is 17.0 Å². The number of rotatable bonds is 2. The van der Waals surface area contributed by atoms with Gasteiger partial charge in [-0.1, -0.05) is 29.8 Å². The molecule has 0 radical (unpaired) electrons. The van der Waals surface area contributed by atoms with E-state index in [9.17, 15) is 0 Å². The molecule has 2 aromatic rings. The number of hydrogen-bond donors (Lipinski definition) is 2. The summed E-state index contributed by atoms with van der Waals surface area (Å²) < 4.78 is 1.84. The van der Waals surface area contributed by atoms with Crippen LogP contribution < -0.4 is 10.4 Å². The first kappa shape index (κ1) is 9.71. The molecule has 0 amide bonds. The number of nitrogen functional groups attached to an aromatic ring is 1. The highest BCUT2D eigenvalue weighted by Crippen LogP contribution is 2.07. The quantitative estimate of drug-likeness (QED) is 0.706. The number of benzene rings is 1. The molecule has 0 aliphatic heterocycles. The number of aromatic amines is 1. The van der Waals surface area contributed by atoms with E-state index in [4.69, 9.17) is 5.73 Å². The van der Waals surface area contributed by atoms with Crippen LogP contribution in [0.2, 0.25) is 0 Å². The van der Waals surface area contributed by atoms with Gasteiger partial charge in [0.1, 0.15) is 7.05 Å². The van der Waals surface area contributed by atoms with Gasteiger partial charge in [-0.25, -0.2) is 0 Å². The molecular formula is C11H15N4+. The summed E-state index contributed by atoms with van der Waals surface area (Å²) in [7, 11) is 1.91. The Balaban J connectivity index is 2.25. The Hall–Kier alpha value is -1.84. The molecular weight excluding hydrogens is 188 g/mol. The second-order valence-corrected chi connectivity index (χ2v) is 3.75. The normalized spacial score (nSPS) is 10.5. The lowest BCUT2D eigenvalue weighted by Gasteiger charge is -1.97. The molecule has 0 aliphatic carbocycles. The molecule has 0 spiro atoms. The van der Waals surface area contributed by atoms with Crippen molar-refractivity contribution in [3.63, 3.8) is 0 Å². The summed E-state index contributed by atoms with van der Waals surface area (Å²) in [6.07, 6.45) is 0.797. The van der Waals surface area contributed by atoms with Crippen LogP contribution in [0.25, 0.3) is 0 Å². The van der Waals surface area contributed by atoms with Crippen LogP contribution in [0.5, 0.6) is 0 Å². The van der Waals surface area contributed by atoms with Crippen LogP contribution in [-0.4, -0.2) is 10.1 Å². The fraction of sp³-hybridized carbons (Fsp3) is 0.273. The number of aromatic nitrogens is 3. The number of H-pyrrole nitrogens is 1. The van der Waals surface area contributed by atoms with Crippen LogP contribution in [0, 0.1) is 6.92 Å². The minimum absolute atomic E-state index is 0.458. The molecule has 1 aromatic carbocycles. The van der Waals surface area contributed by atoms with Crippen molar-refractivity contribution >= 4 is 5.95 Å². The molecule has 0 bridgehead atoms. The number of aryl methyl sites for hydroxylation is 2. The largest absolute Gasteiger partial charge is 0.345 e. The van der Waals surface area contributed by atoms with Crippen molar-refractivity contribution in [1.29, 1.82) is 0 Å². The summed E-state index contributed by atoms with van der Waals surface area (Å²) in [5.74, 6) is 1.40. The molecule has 0 saturated carbocycles. The van der Waals surface area contributed by atoms with E-state index >= 15 is 0 Å². The fourth-order valence-corrected chi connectivity index (χ4v) is 1.64. The van der Waals surface area contributed by atoms with Crippen molar-refractivity contribution in [3.8, 4) is 0 Å². The first-order valence-corrected chi connectivity index (χ1v) is 4.91. The molecule has 1 aromatic heterocycles. The van der Waals surface area contributed by atoms with E-state index in [-0.39, 0.29) is 0 Å². The Bertz CT molecular complexity index is 473. The Morgan fingerprint density at radius 1 is 1.47 bits per heavy atom. The molecule has 15 heavy (non-hydrogen) atoms. The molecule has 4 nitrogen and oxygen atoms in total. The van der Waals surface area contributed by atoms with Gasteiger partial charge in [0.15, 0.2) is 0 Å². The van der Waals surface area contributed by atoms with Crippen molar-refractivity contribution in [2.24, 2.45) is 7.05 Å². The van der Waals surface area contributed by atoms with Crippen molar-refractivity contribution < 1.29 is 4.68 Å². The minimum Gasteiger partial charge on any atom is -0.345 e. The van der Waals surface area contributed by atoms with Crippen molar-refractivity contribution in [2.75, 3.05) is 5.73 Å². The van der Waals surface area contributed by atoms with E-state index in [1.54, 1.807) is 0 Å². The summed E-state index contributed by atoms with van der Waals surface area (Å²) in [5.41, 5.74) is 8.09. The van der Waals surface area contributed by atoms with Crippen LogP contribution in [0.15, 0.2) is 24.3 Å². The van der Waals surface area contributed by atoms with Crippen molar-refractivity contribution in [1.82, 2.24) is 10.1 Å². The van der Waals surface area contributed by atoms with E-state index < -0.39 is 0 Å². The van der Waals surface area contributed by atoms with Gasteiger partial charge in [0.05, 0.1) is 6.42 Å². The van der Waals surface area contributed by atoms with Gasteiger partial charge in [0.2, 0.25) is 0 Å². The van der Waals surface area contributed by atoms with Crippen molar-refractivity contribution in [2.45, 2.75) is 13.3 Å². The third kappa shape index (κ3) is 2.15. The summed E-state index contributed by atoms with van der Waals surface area (Å²) >= 11 is 0. The maximum atomic E-state index is 5.58. The van der Waals surface area contributed by atoms with Gasteiger partial charge < -0.3 is 5.73 Å². The standard InChI is InChI=1S/C11H14N4/c1-8-4-3-5-9(6-8)7-10-13-11(12)14-15(10)2/h3-6H,7H2,1-2H3,(H2,12,14)/p+1. The van der Waals surface area contributed by atoms with Crippen LogP contribution >= 0.6 is 0 Å². The average Bonchev–Trinajstić information content (AvgIpc) is 2.45. The van der Waals surface area contributed by atoms with Crippen LogP contribution in [-0.2, 0) is 13.5 Å². The second kappa shape index (κ2) is 3.73. The lowest BCUT2D eigenvalue weighted by Crippen LogP contribution is -2.34. The van der Waals surface area contributed by atoms with Gasteiger partial charge in [-0.05, 0) is 17.5 Å². The molecule has 1 heterocycles. The molecule has 4 heteroatoms. The SMILES string of the molecule is Cc1cccc(Cc2nc(N)[nH][n+]2C)c1. The van der Waals surface area contributed by atoms with Gasteiger partial charge in [-0.2, -0.15) is 9.78 Å². The molecule has 0 unspecified atom stereocenters. The Kier molecular flexibility index (Phi) is 2.41. The lowest BCUT2D eigenvalue weighted by atomic mass is 10.1. The van der Waals surface area contributed by atoms with E-state index in [0.29, 0.717) is 5.95 Å². The summed E-state index contributed by atoms with van der Waals surface area (Å²) in [4.78, 5) is 4.22. The van der Waals surface area contributed by atoms with Crippen molar-refractivity contribution in [3.05, 3.63) is 41.2 Å². The molecule has 78 valence electrons. The highest BCUT2D eigenvalue weighted by molar-refractivity contribution is 5.24. The summed E-state index contributed by atoms with van der Waals surface area (Å²) in [5, 5.41) is 2.93. The van der Waals surface area contributed by atoms with E-state index in [0.717, 1.165) is 12.2 Å². The molecule has 3 N–H and O–H groups in total. The Morgan fingerprint density at radius 3 is 2.87 bits per heavy atom. The average molecular weight is 203 g/mol. The Morgan fingerprint density at radius 2 is 2.27 bits per heavy atom. The predicted octanol–water partition coefficient (Wildman–Crippen LogP) is 0.716. The van der Waals surface area contributed by atoms with E-state index in [1.165, 1.54) is 11.1 Å². The van der Waals surface area contributed by atoms with Gasteiger partial charge in [-0.3, -0.25) is 0 Å². The fourth-order valence-electron chi connectivity index (χ4n) is 1.64. The molecule has 0 saturated heterocycles. The smallest absolute Gasteiger partial charge is 0.345 e. The number of nitrogens with one attached hydrogen (secondary N) is 1. The third-order valence-electron chi connectivity index (χ3n) is 2.36. The first-order valence-electron chi connectivity index (χ1n) is 4.91. The van der Waals surface area contributed by atoms with Gasteiger partial charge in [-0.15, -0.1) is 0 Å². The van der Waals surface area contributed by atoms with E-state index in [2.05, 4.69) is 41.3 Å². The summed E-state index contributed by atoms with van der Waals surface area (Å²) in [6.45, 7) is 2.09. The number of hydrogen-bond acceptors (Lipinski definition) is 2. The number of nitrogens with two attached hydrogens (primary N) is 1. The zero-order chi connectivity index (χ0) is 10.8. The zero-order valence-electron chi connectivity index (χ0n) is 8.99. The van der Waals surface area contributed by atoms with Crippen LogP contribution in [0.3, 0.4) is 0 Å². The molecule has 0 atom stereocenters. The van der Waals surface area contributed by atoms with Crippen LogP contribution in [0.4, 0.5) is 5.95 Å². The van der Waals surface area contributed by atoms with Gasteiger partial charge in [0, 0.05) is 0 Å². The van der Waals surface area contributed by atoms with E-state index in [1.807, 2.05) is 11.7 Å². The maximum Gasteiger partial charge on any atom is 0.345 e. The highest BCUT2D eigenvalue weighted by atomic mass is 15.4. The highest BCUT2D eigenvalue weighted by Gasteiger charge is 2.14. The minimum atomic E-state index is 0.458. The topological polar surface area (TPSA) is 58.6 Å². The number of anilines is 1. The first-order chi connectivity index (χ1) is 7.15. The second-order valence-electron chi connectivity index (χ2n) is 3.75. The Labute approximate surface area is 88.8 Å². The lowest BCUT2D eigenvalue weighted by molar-refractivity contribution is -0.733. The monoisotopic (exact) mass is 203 g/mol. The molecule has 2 rings (SSSR count).